The summed E-state index contributed by atoms with van der Waals surface area (Å²) in [4.78, 5) is 21.4. The number of aliphatic carboxylic acids is 1. The van der Waals surface area contributed by atoms with E-state index in [1.165, 1.54) is 6.92 Å². The maximum atomic E-state index is 11.0. The molecule has 0 aromatic rings. The Morgan fingerprint density at radius 1 is 1.40 bits per heavy atom. The van der Waals surface area contributed by atoms with E-state index in [0.717, 1.165) is 6.26 Å². The molecule has 0 fully saturated rings. The van der Waals surface area contributed by atoms with Crippen LogP contribution in [0.2, 0.25) is 0 Å². The highest BCUT2D eigenvalue weighted by molar-refractivity contribution is 7.90. The molecule has 0 aromatic heterocycles. The van der Waals surface area contributed by atoms with E-state index in [1.807, 2.05) is 0 Å². The average molecular weight is 237 g/mol. The molecule has 0 aromatic carbocycles. The van der Waals surface area contributed by atoms with Gasteiger partial charge in [0.1, 0.15) is 9.84 Å². The number of amides is 1. The molecule has 0 rings (SSSR count). The number of nitrogens with one attached hydrogen (secondary N) is 1. The van der Waals surface area contributed by atoms with Crippen LogP contribution in [0.4, 0.5) is 0 Å². The summed E-state index contributed by atoms with van der Waals surface area (Å²) in [7, 11) is -3.15. The minimum Gasteiger partial charge on any atom is -0.481 e. The lowest BCUT2D eigenvalue weighted by Crippen LogP contribution is -2.32. The molecule has 0 saturated heterocycles. The molecule has 1 amide bonds. The molecule has 0 heterocycles. The molecule has 0 saturated carbocycles. The first-order valence-electron chi connectivity index (χ1n) is 4.39. The molecule has 0 bridgehead atoms. The summed E-state index contributed by atoms with van der Waals surface area (Å²) in [6, 6.07) is 0. The maximum absolute atomic E-state index is 11.0. The largest absolute Gasteiger partial charge is 0.481 e. The second-order valence-corrected chi connectivity index (χ2v) is 5.68. The Labute approximate surface area is 88.6 Å². The molecule has 7 heteroatoms. The predicted molar refractivity (Wildman–Crippen MR) is 54.1 cm³/mol. The monoisotopic (exact) mass is 237 g/mol. The summed E-state index contributed by atoms with van der Waals surface area (Å²) >= 11 is 0. The normalized spacial score (nSPS) is 13.2. The molecule has 0 aliphatic rings. The number of sulfone groups is 1. The van der Waals surface area contributed by atoms with Crippen molar-refractivity contribution in [2.45, 2.75) is 13.3 Å². The highest BCUT2D eigenvalue weighted by atomic mass is 32.2. The zero-order chi connectivity index (χ0) is 12.1. The smallest absolute Gasteiger partial charge is 0.308 e. The number of carbonyl (C=O) groups is 2. The number of carbonyl (C=O) groups excluding carboxylic acids is 1. The van der Waals surface area contributed by atoms with Crippen molar-refractivity contribution in [3.8, 4) is 0 Å². The van der Waals surface area contributed by atoms with Crippen LogP contribution >= 0.6 is 0 Å². The molecule has 6 nitrogen and oxygen atoms in total. The zero-order valence-electron chi connectivity index (χ0n) is 8.69. The highest BCUT2D eigenvalue weighted by Crippen LogP contribution is 1.93. The van der Waals surface area contributed by atoms with Crippen molar-refractivity contribution in [3.05, 3.63) is 0 Å². The van der Waals surface area contributed by atoms with Crippen molar-refractivity contribution in [2.24, 2.45) is 5.92 Å². The molecule has 15 heavy (non-hydrogen) atoms. The van der Waals surface area contributed by atoms with E-state index >= 15 is 0 Å². The van der Waals surface area contributed by atoms with E-state index < -0.39 is 27.6 Å². The molecular weight excluding hydrogens is 222 g/mol. The standard InChI is InChI=1S/C8H15NO5S/c1-6(8(11)12)5-9-7(10)3-4-15(2,13)14/h6H,3-5H2,1-2H3,(H,9,10)(H,11,12). The van der Waals surface area contributed by atoms with E-state index in [0.29, 0.717) is 0 Å². The first-order chi connectivity index (χ1) is 6.72. The Morgan fingerprint density at radius 2 is 1.93 bits per heavy atom. The molecule has 0 aliphatic carbocycles. The van der Waals surface area contributed by atoms with Gasteiger partial charge in [0.25, 0.3) is 0 Å². The van der Waals surface area contributed by atoms with Crippen LogP contribution in [0.1, 0.15) is 13.3 Å². The lowest BCUT2D eigenvalue weighted by atomic mass is 10.2. The Hall–Kier alpha value is -1.11. The first-order valence-corrected chi connectivity index (χ1v) is 6.45. The van der Waals surface area contributed by atoms with Gasteiger partial charge in [-0.3, -0.25) is 9.59 Å². The Kier molecular flexibility index (Phi) is 5.27. The van der Waals surface area contributed by atoms with E-state index in [9.17, 15) is 18.0 Å². The summed E-state index contributed by atoms with van der Waals surface area (Å²) in [5, 5.41) is 10.9. The van der Waals surface area contributed by atoms with Crippen molar-refractivity contribution in [1.29, 1.82) is 0 Å². The van der Waals surface area contributed by atoms with Gasteiger partial charge in [-0.2, -0.15) is 0 Å². The fraction of sp³-hybridized carbons (Fsp3) is 0.750. The van der Waals surface area contributed by atoms with Crippen LogP contribution in [0.3, 0.4) is 0 Å². The zero-order valence-corrected chi connectivity index (χ0v) is 9.50. The number of hydrogen-bond donors (Lipinski definition) is 2. The van der Waals surface area contributed by atoms with Crippen LogP contribution in [-0.4, -0.2) is 44.0 Å². The van der Waals surface area contributed by atoms with Crippen LogP contribution in [0.5, 0.6) is 0 Å². The van der Waals surface area contributed by atoms with Gasteiger partial charge in [-0.1, -0.05) is 6.92 Å². The minimum absolute atomic E-state index is 0.0118. The third-order valence-corrected chi connectivity index (χ3v) is 2.67. The number of hydrogen-bond acceptors (Lipinski definition) is 4. The van der Waals surface area contributed by atoms with E-state index in [4.69, 9.17) is 5.11 Å². The van der Waals surface area contributed by atoms with Gasteiger partial charge < -0.3 is 10.4 Å². The van der Waals surface area contributed by atoms with Crippen LogP contribution in [-0.2, 0) is 19.4 Å². The molecule has 1 unspecified atom stereocenters. The lowest BCUT2D eigenvalue weighted by Gasteiger charge is -2.07. The molecule has 1 atom stereocenters. The fourth-order valence-electron chi connectivity index (χ4n) is 0.721. The van der Waals surface area contributed by atoms with Crippen molar-refractivity contribution in [3.63, 3.8) is 0 Å². The van der Waals surface area contributed by atoms with Crippen LogP contribution < -0.4 is 5.32 Å². The molecule has 88 valence electrons. The summed E-state index contributed by atoms with van der Waals surface area (Å²) in [6.07, 6.45) is 0.908. The van der Waals surface area contributed by atoms with Crippen LogP contribution in [0.25, 0.3) is 0 Å². The summed E-state index contributed by atoms with van der Waals surface area (Å²) in [6.45, 7) is 1.47. The molecule has 0 spiro atoms. The summed E-state index contributed by atoms with van der Waals surface area (Å²) in [5.41, 5.74) is 0. The minimum atomic E-state index is -3.15. The van der Waals surface area contributed by atoms with Crippen molar-refractivity contribution >= 4 is 21.7 Å². The van der Waals surface area contributed by atoms with Gasteiger partial charge in [-0.25, -0.2) is 8.42 Å². The van der Waals surface area contributed by atoms with Crippen molar-refractivity contribution in [2.75, 3.05) is 18.6 Å². The molecule has 0 aliphatic heterocycles. The van der Waals surface area contributed by atoms with Gasteiger partial charge in [0, 0.05) is 19.2 Å². The molecular formula is C8H15NO5S. The second-order valence-electron chi connectivity index (χ2n) is 3.42. The van der Waals surface area contributed by atoms with Crippen LogP contribution in [0, 0.1) is 5.92 Å². The maximum Gasteiger partial charge on any atom is 0.308 e. The fourth-order valence-corrected chi connectivity index (χ4v) is 1.28. The lowest BCUT2D eigenvalue weighted by molar-refractivity contribution is -0.141. The Morgan fingerprint density at radius 3 is 2.33 bits per heavy atom. The molecule has 2 N–H and O–H groups in total. The van der Waals surface area contributed by atoms with Gasteiger partial charge in [-0.05, 0) is 0 Å². The van der Waals surface area contributed by atoms with Crippen molar-refractivity contribution in [1.82, 2.24) is 5.32 Å². The van der Waals surface area contributed by atoms with Gasteiger partial charge in [-0.15, -0.1) is 0 Å². The van der Waals surface area contributed by atoms with E-state index in [2.05, 4.69) is 5.32 Å². The van der Waals surface area contributed by atoms with E-state index in [1.54, 1.807) is 0 Å². The average Bonchev–Trinajstić information content (AvgIpc) is 2.09. The second kappa shape index (κ2) is 5.69. The quantitative estimate of drug-likeness (QED) is 0.633. The number of rotatable bonds is 6. The third-order valence-electron chi connectivity index (χ3n) is 1.73. The van der Waals surface area contributed by atoms with Gasteiger partial charge in [0.2, 0.25) is 5.91 Å². The van der Waals surface area contributed by atoms with E-state index in [-0.39, 0.29) is 18.7 Å². The summed E-state index contributed by atoms with van der Waals surface area (Å²) in [5.74, 6) is -2.35. The predicted octanol–water partition coefficient (Wildman–Crippen LogP) is -0.742. The first kappa shape index (κ1) is 13.9. The summed E-state index contributed by atoms with van der Waals surface area (Å²) < 4.78 is 21.4. The van der Waals surface area contributed by atoms with Crippen LogP contribution in [0.15, 0.2) is 0 Å². The SMILES string of the molecule is CC(CNC(=O)CCS(C)(=O)=O)C(=O)O. The van der Waals surface area contributed by atoms with Gasteiger partial charge in [0.05, 0.1) is 11.7 Å². The van der Waals surface area contributed by atoms with Gasteiger partial charge in [0.15, 0.2) is 0 Å². The number of carboxylic acid groups (broad SMARTS) is 1. The molecule has 0 radical (unpaired) electrons. The Bertz CT molecular complexity index is 335. The number of carboxylic acids is 1. The van der Waals surface area contributed by atoms with Crippen molar-refractivity contribution < 1.29 is 23.1 Å². The third kappa shape index (κ3) is 7.92. The topological polar surface area (TPSA) is 101 Å². The Balaban J connectivity index is 3.82. The highest BCUT2D eigenvalue weighted by Gasteiger charge is 2.13. The van der Waals surface area contributed by atoms with Gasteiger partial charge >= 0.3 is 5.97 Å².